The van der Waals surface area contributed by atoms with Crippen LogP contribution in [-0.4, -0.2) is 15.7 Å². The molecule has 19 heavy (non-hydrogen) atoms. The first-order chi connectivity index (χ1) is 9.08. The zero-order valence-electron chi connectivity index (χ0n) is 11.1. The van der Waals surface area contributed by atoms with Crippen LogP contribution in [-0.2, 0) is 10.8 Å². The Morgan fingerprint density at radius 2 is 1.63 bits per heavy atom. The molecule has 2 nitrogen and oxygen atoms in total. The van der Waals surface area contributed by atoms with E-state index in [4.69, 9.17) is 0 Å². The van der Waals surface area contributed by atoms with Crippen molar-refractivity contribution in [1.82, 2.24) is 0 Å². The van der Waals surface area contributed by atoms with Crippen LogP contribution in [0.15, 0.2) is 53.4 Å². The van der Waals surface area contributed by atoms with Gasteiger partial charge in [0.25, 0.3) is 0 Å². The Hall–Kier alpha value is -1.74. The Balaban J connectivity index is 2.13. The van der Waals surface area contributed by atoms with Gasteiger partial charge in [-0.2, -0.15) is 0 Å². The summed E-state index contributed by atoms with van der Waals surface area (Å²) in [6.45, 7) is 3.88. The lowest BCUT2D eigenvalue weighted by Gasteiger charge is -2.05. The number of benzene rings is 2. The molecule has 1 unspecified atom stereocenters. The third-order valence-electron chi connectivity index (χ3n) is 2.97. The third-order valence-corrected chi connectivity index (χ3v) is 4.45. The van der Waals surface area contributed by atoms with Crippen molar-refractivity contribution in [3.8, 4) is 0 Å². The fraction of sp³-hybridized carbons (Fsp3) is 0.188. The number of rotatable bonds is 4. The van der Waals surface area contributed by atoms with Crippen LogP contribution in [0.1, 0.15) is 21.5 Å². The molecule has 2 aromatic rings. The molecular weight excluding hydrogens is 256 g/mol. The number of aryl methyl sites for hydroxylation is 2. The van der Waals surface area contributed by atoms with E-state index < -0.39 is 10.8 Å². The molecule has 0 heterocycles. The lowest BCUT2D eigenvalue weighted by molar-refractivity contribution is 0.102. The number of Topliss-reactive ketones (excluding diaryl/α,β-unsaturated/α-hetero) is 1. The summed E-state index contributed by atoms with van der Waals surface area (Å²) in [6.07, 6.45) is 0. The predicted molar refractivity (Wildman–Crippen MR) is 78.0 cm³/mol. The van der Waals surface area contributed by atoms with Gasteiger partial charge in [-0.25, -0.2) is 0 Å². The molecule has 0 fully saturated rings. The molecule has 98 valence electrons. The molecule has 0 saturated carbocycles. The summed E-state index contributed by atoms with van der Waals surface area (Å²) < 4.78 is 12.2. The van der Waals surface area contributed by atoms with Gasteiger partial charge in [-0.15, -0.1) is 0 Å². The van der Waals surface area contributed by atoms with E-state index in [1.165, 1.54) is 0 Å². The Kier molecular flexibility index (Phi) is 4.27. The van der Waals surface area contributed by atoms with Gasteiger partial charge in [0.05, 0.1) is 16.6 Å². The van der Waals surface area contributed by atoms with Gasteiger partial charge in [0, 0.05) is 10.5 Å². The Morgan fingerprint density at radius 1 is 1.00 bits per heavy atom. The van der Waals surface area contributed by atoms with Gasteiger partial charge in [0.1, 0.15) is 0 Å². The average molecular weight is 272 g/mol. The molecule has 0 N–H and O–H groups in total. The zero-order chi connectivity index (χ0) is 13.8. The van der Waals surface area contributed by atoms with E-state index >= 15 is 0 Å². The first-order valence-electron chi connectivity index (χ1n) is 6.12. The first kappa shape index (κ1) is 13.7. The monoisotopic (exact) mass is 272 g/mol. The van der Waals surface area contributed by atoms with Crippen LogP contribution in [0.4, 0.5) is 0 Å². The maximum Gasteiger partial charge on any atom is 0.175 e. The van der Waals surface area contributed by atoms with Crippen molar-refractivity contribution < 1.29 is 9.00 Å². The SMILES string of the molecule is Cc1ccc(C(=O)CS(=O)c2ccccc2C)cc1. The van der Waals surface area contributed by atoms with Gasteiger partial charge in [-0.3, -0.25) is 9.00 Å². The summed E-state index contributed by atoms with van der Waals surface area (Å²) >= 11 is 0. The van der Waals surface area contributed by atoms with Crippen molar-refractivity contribution in [3.63, 3.8) is 0 Å². The normalized spacial score (nSPS) is 12.1. The minimum Gasteiger partial charge on any atom is -0.293 e. The minimum absolute atomic E-state index is 0.0356. The van der Waals surface area contributed by atoms with E-state index in [0.29, 0.717) is 5.56 Å². The van der Waals surface area contributed by atoms with Crippen LogP contribution in [0.5, 0.6) is 0 Å². The van der Waals surface area contributed by atoms with Gasteiger partial charge >= 0.3 is 0 Å². The van der Waals surface area contributed by atoms with Gasteiger partial charge in [-0.1, -0.05) is 48.0 Å². The fourth-order valence-corrected chi connectivity index (χ4v) is 3.05. The highest BCUT2D eigenvalue weighted by atomic mass is 32.2. The molecular formula is C16H16O2S. The van der Waals surface area contributed by atoms with Crippen LogP contribution >= 0.6 is 0 Å². The van der Waals surface area contributed by atoms with Crippen molar-refractivity contribution >= 4 is 16.6 Å². The second-order valence-electron chi connectivity index (χ2n) is 4.54. The smallest absolute Gasteiger partial charge is 0.175 e. The van der Waals surface area contributed by atoms with Crippen molar-refractivity contribution in [3.05, 3.63) is 65.2 Å². The van der Waals surface area contributed by atoms with Crippen molar-refractivity contribution in [1.29, 1.82) is 0 Å². The summed E-state index contributed by atoms with van der Waals surface area (Å²) in [5, 5.41) is 0. The summed E-state index contributed by atoms with van der Waals surface area (Å²) in [7, 11) is -1.28. The minimum atomic E-state index is -1.28. The topological polar surface area (TPSA) is 34.1 Å². The van der Waals surface area contributed by atoms with Crippen molar-refractivity contribution in [2.45, 2.75) is 18.7 Å². The summed E-state index contributed by atoms with van der Waals surface area (Å²) in [6, 6.07) is 14.8. The Bertz CT molecular complexity index is 615. The van der Waals surface area contributed by atoms with E-state index in [1.807, 2.05) is 50.2 Å². The standard InChI is InChI=1S/C16H16O2S/c1-12-7-9-14(10-8-12)15(17)11-19(18)16-6-4-3-5-13(16)2/h3-10H,11H2,1-2H3. The van der Waals surface area contributed by atoms with Crippen LogP contribution in [0.2, 0.25) is 0 Å². The highest BCUT2D eigenvalue weighted by Gasteiger charge is 2.13. The highest BCUT2D eigenvalue weighted by molar-refractivity contribution is 7.85. The quantitative estimate of drug-likeness (QED) is 0.800. The lowest BCUT2D eigenvalue weighted by atomic mass is 10.1. The van der Waals surface area contributed by atoms with E-state index in [9.17, 15) is 9.00 Å². The van der Waals surface area contributed by atoms with Gasteiger partial charge in [-0.05, 0) is 25.5 Å². The second-order valence-corrected chi connectivity index (χ2v) is 5.96. The van der Waals surface area contributed by atoms with Crippen molar-refractivity contribution in [2.24, 2.45) is 0 Å². The molecule has 0 aliphatic rings. The molecule has 3 heteroatoms. The Morgan fingerprint density at radius 3 is 2.26 bits per heavy atom. The molecule has 2 aromatic carbocycles. The maximum atomic E-state index is 12.2. The summed E-state index contributed by atoms with van der Waals surface area (Å²) in [5.74, 6) is -0.0462. The lowest BCUT2D eigenvalue weighted by Crippen LogP contribution is -2.11. The number of carbonyl (C=O) groups is 1. The van der Waals surface area contributed by atoms with E-state index in [2.05, 4.69) is 0 Å². The van der Waals surface area contributed by atoms with Crippen LogP contribution in [0.25, 0.3) is 0 Å². The fourth-order valence-electron chi connectivity index (χ4n) is 1.83. The van der Waals surface area contributed by atoms with Crippen LogP contribution < -0.4 is 0 Å². The Labute approximate surface area is 115 Å². The molecule has 1 atom stereocenters. The number of hydrogen-bond donors (Lipinski definition) is 0. The third kappa shape index (κ3) is 3.38. The van der Waals surface area contributed by atoms with E-state index in [1.54, 1.807) is 12.1 Å². The molecule has 0 bridgehead atoms. The molecule has 0 aliphatic heterocycles. The predicted octanol–water partition coefficient (Wildman–Crippen LogP) is 3.29. The van der Waals surface area contributed by atoms with Gasteiger partial charge < -0.3 is 0 Å². The van der Waals surface area contributed by atoms with Crippen LogP contribution in [0, 0.1) is 13.8 Å². The van der Waals surface area contributed by atoms with E-state index in [0.717, 1.165) is 16.0 Å². The molecule has 0 saturated heterocycles. The molecule has 0 amide bonds. The number of carbonyl (C=O) groups excluding carboxylic acids is 1. The average Bonchev–Trinajstić information content (AvgIpc) is 2.39. The van der Waals surface area contributed by atoms with Gasteiger partial charge in [0.15, 0.2) is 5.78 Å². The largest absolute Gasteiger partial charge is 0.293 e. The number of hydrogen-bond acceptors (Lipinski definition) is 2. The summed E-state index contributed by atoms with van der Waals surface area (Å²) in [4.78, 5) is 12.8. The molecule has 0 spiro atoms. The molecule has 0 aliphatic carbocycles. The van der Waals surface area contributed by atoms with Gasteiger partial charge in [0.2, 0.25) is 0 Å². The molecule has 0 aromatic heterocycles. The van der Waals surface area contributed by atoms with Crippen LogP contribution in [0.3, 0.4) is 0 Å². The first-order valence-corrected chi connectivity index (χ1v) is 7.43. The molecule has 0 radical (unpaired) electrons. The number of ketones is 1. The summed E-state index contributed by atoms with van der Waals surface area (Å²) in [5.41, 5.74) is 2.68. The van der Waals surface area contributed by atoms with Crippen molar-refractivity contribution in [2.75, 3.05) is 5.75 Å². The molecule has 2 rings (SSSR count). The second kappa shape index (κ2) is 5.93. The van der Waals surface area contributed by atoms with E-state index in [-0.39, 0.29) is 11.5 Å². The maximum absolute atomic E-state index is 12.2. The zero-order valence-corrected chi connectivity index (χ0v) is 11.9. The highest BCUT2D eigenvalue weighted by Crippen LogP contribution is 2.14.